The summed E-state index contributed by atoms with van der Waals surface area (Å²) in [6.45, 7) is 0.931. The van der Waals surface area contributed by atoms with Crippen molar-refractivity contribution in [3.8, 4) is 0 Å². The molecule has 0 amide bonds. The minimum Gasteiger partial charge on any atom is -0.346 e. The van der Waals surface area contributed by atoms with Crippen LogP contribution in [0.3, 0.4) is 0 Å². The molecule has 5 heteroatoms. The zero-order valence-corrected chi connectivity index (χ0v) is 12.2. The number of carbonyl (C=O) groups is 1. The lowest BCUT2D eigenvalue weighted by Crippen LogP contribution is -2.41. The normalized spacial score (nSPS) is 22.2. The number of piperidine rings is 1. The van der Waals surface area contributed by atoms with Crippen LogP contribution < -0.4 is 4.90 Å². The highest BCUT2D eigenvalue weighted by Crippen LogP contribution is 2.41. The van der Waals surface area contributed by atoms with E-state index >= 15 is 0 Å². The fourth-order valence-corrected chi connectivity index (χ4v) is 4.71. The second-order valence-corrected chi connectivity index (χ2v) is 6.71. The van der Waals surface area contributed by atoms with Crippen LogP contribution in [0.2, 0.25) is 0 Å². The molecule has 0 radical (unpaired) electrons. The van der Waals surface area contributed by atoms with Crippen molar-refractivity contribution < 1.29 is 4.79 Å². The third kappa shape index (κ3) is 1.76. The summed E-state index contributed by atoms with van der Waals surface area (Å²) in [5, 5.41) is 1.22. The van der Waals surface area contributed by atoms with Crippen molar-refractivity contribution in [2.24, 2.45) is 0 Å². The molecule has 4 nitrogen and oxygen atoms in total. The monoisotopic (exact) mass is 287 g/mol. The van der Waals surface area contributed by atoms with Gasteiger partial charge in [0, 0.05) is 11.4 Å². The molecule has 0 spiro atoms. The van der Waals surface area contributed by atoms with E-state index < -0.39 is 0 Å². The number of hydrogen-bond donors (Lipinski definition) is 0. The predicted molar refractivity (Wildman–Crippen MR) is 80.5 cm³/mol. The van der Waals surface area contributed by atoms with Crippen molar-refractivity contribution in [1.82, 2.24) is 9.97 Å². The summed E-state index contributed by atoms with van der Waals surface area (Å²) >= 11 is 1.81. The number of aryl methyl sites for hydroxylation is 2. The number of rotatable bonds is 2. The van der Waals surface area contributed by atoms with Gasteiger partial charge in [-0.3, -0.25) is 0 Å². The number of fused-ring (bicyclic) bond motifs is 3. The molecule has 4 rings (SSSR count). The average molecular weight is 287 g/mol. The molecule has 3 heterocycles. The first-order valence-electron chi connectivity index (χ1n) is 7.35. The van der Waals surface area contributed by atoms with Crippen LogP contribution >= 0.6 is 11.3 Å². The molecule has 2 aromatic rings. The maximum Gasteiger partial charge on any atom is 0.142 e. The molecule has 0 bridgehead atoms. The molecular weight excluding hydrogens is 270 g/mol. The van der Waals surface area contributed by atoms with E-state index in [1.165, 1.54) is 28.7 Å². The first-order chi connectivity index (χ1) is 9.88. The van der Waals surface area contributed by atoms with E-state index in [0.29, 0.717) is 0 Å². The number of carbonyl (C=O) groups excluding carboxylic acids is 1. The average Bonchev–Trinajstić information content (AvgIpc) is 3.07. The molecule has 20 heavy (non-hydrogen) atoms. The SMILES string of the molecule is O=CC1CCCCN1c1ncnc2sc3c(c12)CCC3. The molecule has 104 valence electrons. The van der Waals surface area contributed by atoms with E-state index in [9.17, 15) is 4.79 Å². The molecule has 1 fully saturated rings. The summed E-state index contributed by atoms with van der Waals surface area (Å²) in [7, 11) is 0. The number of anilines is 1. The van der Waals surface area contributed by atoms with E-state index in [1.54, 1.807) is 6.33 Å². The number of aromatic nitrogens is 2. The quantitative estimate of drug-likeness (QED) is 0.797. The van der Waals surface area contributed by atoms with Gasteiger partial charge in [0.1, 0.15) is 23.3 Å². The zero-order valence-electron chi connectivity index (χ0n) is 11.3. The van der Waals surface area contributed by atoms with Crippen LogP contribution in [0.5, 0.6) is 0 Å². The molecular formula is C15H17N3OS. The van der Waals surface area contributed by atoms with Crippen LogP contribution in [0.15, 0.2) is 6.33 Å². The smallest absolute Gasteiger partial charge is 0.142 e. The van der Waals surface area contributed by atoms with Crippen LogP contribution in [-0.4, -0.2) is 28.8 Å². The van der Waals surface area contributed by atoms with Crippen LogP contribution in [0.4, 0.5) is 5.82 Å². The van der Waals surface area contributed by atoms with Gasteiger partial charge in [0.2, 0.25) is 0 Å². The van der Waals surface area contributed by atoms with Crippen molar-refractivity contribution in [2.75, 3.05) is 11.4 Å². The Morgan fingerprint density at radius 1 is 1.25 bits per heavy atom. The van der Waals surface area contributed by atoms with Crippen molar-refractivity contribution in [3.05, 3.63) is 16.8 Å². The third-order valence-corrected chi connectivity index (χ3v) is 5.66. The predicted octanol–water partition coefficient (Wildman–Crippen LogP) is 2.74. The fraction of sp³-hybridized carbons (Fsp3) is 0.533. The van der Waals surface area contributed by atoms with Gasteiger partial charge in [-0.15, -0.1) is 11.3 Å². The summed E-state index contributed by atoms with van der Waals surface area (Å²) in [6, 6.07) is -0.0150. The Morgan fingerprint density at radius 3 is 3.10 bits per heavy atom. The van der Waals surface area contributed by atoms with Gasteiger partial charge in [-0.1, -0.05) is 0 Å². The lowest BCUT2D eigenvalue weighted by Gasteiger charge is -2.33. The minimum atomic E-state index is -0.0150. The summed E-state index contributed by atoms with van der Waals surface area (Å²) in [5.41, 5.74) is 1.44. The van der Waals surface area contributed by atoms with Gasteiger partial charge in [-0.2, -0.15) is 0 Å². The van der Waals surface area contributed by atoms with Crippen molar-refractivity contribution >= 4 is 33.7 Å². The molecule has 1 saturated heterocycles. The summed E-state index contributed by atoms with van der Waals surface area (Å²) in [4.78, 5) is 25.1. The molecule has 1 unspecified atom stereocenters. The molecule has 2 aromatic heterocycles. The third-order valence-electron chi connectivity index (χ3n) is 4.46. The van der Waals surface area contributed by atoms with E-state index in [-0.39, 0.29) is 6.04 Å². The largest absolute Gasteiger partial charge is 0.346 e. The first-order valence-corrected chi connectivity index (χ1v) is 8.17. The summed E-state index contributed by atoms with van der Waals surface area (Å²) in [6.07, 6.45) is 9.50. The van der Waals surface area contributed by atoms with Gasteiger partial charge in [-0.25, -0.2) is 9.97 Å². The highest BCUT2D eigenvalue weighted by molar-refractivity contribution is 7.19. The number of thiophene rings is 1. The van der Waals surface area contributed by atoms with Crippen LogP contribution in [-0.2, 0) is 17.6 Å². The molecule has 0 saturated carbocycles. The Kier molecular flexibility index (Phi) is 2.95. The van der Waals surface area contributed by atoms with Crippen molar-refractivity contribution in [1.29, 1.82) is 0 Å². The van der Waals surface area contributed by atoms with Crippen LogP contribution in [0.25, 0.3) is 10.2 Å². The summed E-state index contributed by atoms with van der Waals surface area (Å²) < 4.78 is 0. The highest BCUT2D eigenvalue weighted by atomic mass is 32.1. The fourth-order valence-electron chi connectivity index (χ4n) is 3.49. The van der Waals surface area contributed by atoms with Gasteiger partial charge in [0.15, 0.2) is 0 Å². The minimum absolute atomic E-state index is 0.0150. The number of aldehydes is 1. The number of hydrogen-bond acceptors (Lipinski definition) is 5. The standard InChI is InChI=1S/C15H17N3OS/c19-8-10-4-1-2-7-18(10)14-13-11-5-3-6-12(11)20-15(13)17-9-16-14/h8-10H,1-7H2. The lowest BCUT2D eigenvalue weighted by atomic mass is 10.0. The summed E-state index contributed by atoms with van der Waals surface area (Å²) in [5.74, 6) is 0.992. The van der Waals surface area contributed by atoms with Crippen LogP contribution in [0, 0.1) is 0 Å². The zero-order chi connectivity index (χ0) is 13.5. The first kappa shape index (κ1) is 12.3. The van der Waals surface area contributed by atoms with Crippen molar-refractivity contribution in [2.45, 2.75) is 44.6 Å². The van der Waals surface area contributed by atoms with Gasteiger partial charge >= 0.3 is 0 Å². The van der Waals surface area contributed by atoms with E-state index in [2.05, 4.69) is 14.9 Å². The van der Waals surface area contributed by atoms with E-state index in [1.807, 2.05) is 11.3 Å². The van der Waals surface area contributed by atoms with E-state index in [0.717, 1.165) is 49.2 Å². The Hall–Kier alpha value is -1.49. The van der Waals surface area contributed by atoms with Crippen molar-refractivity contribution in [3.63, 3.8) is 0 Å². The van der Waals surface area contributed by atoms with Gasteiger partial charge in [0.05, 0.1) is 11.4 Å². The molecule has 2 aliphatic rings. The number of nitrogens with zero attached hydrogens (tertiary/aromatic N) is 3. The van der Waals surface area contributed by atoms with Crippen LogP contribution in [0.1, 0.15) is 36.1 Å². The molecule has 0 N–H and O–H groups in total. The second-order valence-electron chi connectivity index (χ2n) is 5.63. The van der Waals surface area contributed by atoms with Gasteiger partial charge < -0.3 is 9.69 Å². The second kappa shape index (κ2) is 4.81. The van der Waals surface area contributed by atoms with Gasteiger partial charge in [0.25, 0.3) is 0 Å². The Bertz CT molecular complexity index is 666. The Morgan fingerprint density at radius 2 is 2.20 bits per heavy atom. The van der Waals surface area contributed by atoms with Gasteiger partial charge in [-0.05, 0) is 44.1 Å². The topological polar surface area (TPSA) is 46.1 Å². The maximum absolute atomic E-state index is 11.4. The maximum atomic E-state index is 11.4. The Labute approximate surface area is 121 Å². The Balaban J connectivity index is 1.88. The molecule has 1 aliphatic heterocycles. The lowest BCUT2D eigenvalue weighted by molar-refractivity contribution is -0.109. The molecule has 0 aromatic carbocycles. The highest BCUT2D eigenvalue weighted by Gasteiger charge is 2.28. The van der Waals surface area contributed by atoms with E-state index in [4.69, 9.17) is 0 Å². The molecule has 1 aliphatic carbocycles. The molecule has 1 atom stereocenters.